The van der Waals surface area contributed by atoms with Gasteiger partial charge in [-0.3, -0.25) is 4.52 Å². The lowest BCUT2D eigenvalue weighted by Crippen LogP contribution is -2.60. The highest BCUT2D eigenvalue weighted by molar-refractivity contribution is 7.99. The van der Waals surface area contributed by atoms with Gasteiger partial charge in [0, 0.05) is 11.9 Å². The summed E-state index contributed by atoms with van der Waals surface area (Å²) in [5.41, 5.74) is 0. The van der Waals surface area contributed by atoms with Crippen molar-refractivity contribution in [3.8, 4) is 0 Å². The van der Waals surface area contributed by atoms with E-state index in [0.717, 1.165) is 31.0 Å². The summed E-state index contributed by atoms with van der Waals surface area (Å²) in [4.78, 5) is 9.71. The average molecular weight is 319 g/mol. The molecule has 7 nitrogen and oxygen atoms in total. The minimum absolute atomic E-state index is 0.224. The monoisotopic (exact) mass is 319 g/mol. The van der Waals surface area contributed by atoms with Gasteiger partial charge in [0.2, 0.25) is 5.27 Å². The van der Waals surface area contributed by atoms with Crippen LogP contribution < -0.4 is 14.9 Å². The third kappa shape index (κ3) is 3.97. The molecule has 1 aliphatic heterocycles. The molecule has 1 saturated heterocycles. The Morgan fingerprint density at radius 3 is 3.00 bits per heavy atom. The number of nitrogens with zero attached hydrogens (tertiary/aromatic N) is 5. The number of piperidine rings is 1. The molecule has 2 aromatic rings. The predicted molar refractivity (Wildman–Crippen MR) is 80.6 cm³/mol. The molecule has 0 N–H and O–H groups in total. The van der Waals surface area contributed by atoms with Gasteiger partial charge in [-0.15, -0.1) is 11.8 Å². The molecular weight excluding hydrogens is 302 g/mol. The number of thioether (sulfide) groups is 1. The van der Waals surface area contributed by atoms with E-state index in [1.165, 1.54) is 18.2 Å². The van der Waals surface area contributed by atoms with Gasteiger partial charge in [-0.1, -0.05) is 6.07 Å². The Morgan fingerprint density at radius 1 is 1.36 bits per heavy atom. The Labute approximate surface area is 132 Å². The zero-order valence-corrected chi connectivity index (χ0v) is 12.9. The second-order valence-corrected chi connectivity index (χ2v) is 5.93. The van der Waals surface area contributed by atoms with Gasteiger partial charge >= 0.3 is 5.88 Å². The van der Waals surface area contributed by atoms with E-state index in [0.29, 0.717) is 0 Å². The van der Waals surface area contributed by atoms with Crippen molar-refractivity contribution in [1.82, 2.24) is 10.3 Å². The van der Waals surface area contributed by atoms with E-state index < -0.39 is 0 Å². The molecule has 0 aliphatic carbocycles. The smallest absolute Gasteiger partial charge is 0.324 e. The van der Waals surface area contributed by atoms with Gasteiger partial charge in [0.1, 0.15) is 0 Å². The molecule has 0 radical (unpaired) electrons. The zero-order chi connectivity index (χ0) is 15.2. The van der Waals surface area contributed by atoms with Crippen LogP contribution in [0.1, 0.15) is 19.3 Å². The normalized spacial score (nSPS) is 16.0. The molecule has 0 aromatic carbocycles. The Morgan fingerprint density at radius 2 is 2.23 bits per heavy atom. The first-order valence-electron chi connectivity index (χ1n) is 7.23. The van der Waals surface area contributed by atoms with Crippen LogP contribution in [0, 0.1) is 0 Å². The van der Waals surface area contributed by atoms with Crippen molar-refractivity contribution in [3.05, 3.63) is 30.6 Å². The maximum absolute atomic E-state index is 11.8. The van der Waals surface area contributed by atoms with Crippen LogP contribution in [0.5, 0.6) is 0 Å². The van der Waals surface area contributed by atoms with E-state index in [2.05, 4.69) is 20.3 Å². The van der Waals surface area contributed by atoms with Crippen molar-refractivity contribution in [1.29, 1.82) is 0 Å². The lowest BCUT2D eigenvalue weighted by molar-refractivity contribution is -0.759. The Kier molecular flexibility index (Phi) is 4.89. The molecule has 0 atom stereocenters. The average Bonchev–Trinajstić information content (AvgIpc) is 3.03. The summed E-state index contributed by atoms with van der Waals surface area (Å²) in [5.74, 6) is 0.191. The third-order valence-electron chi connectivity index (χ3n) is 3.28. The molecule has 1 aliphatic rings. The van der Waals surface area contributed by atoms with E-state index in [1.54, 1.807) is 17.2 Å². The Balaban J connectivity index is 1.58. The van der Waals surface area contributed by atoms with Crippen molar-refractivity contribution in [3.63, 3.8) is 0 Å². The number of rotatable bonds is 5. The van der Waals surface area contributed by atoms with Crippen molar-refractivity contribution in [2.75, 3.05) is 23.9 Å². The topological polar surface area (TPSA) is 81.5 Å². The molecule has 3 rings (SSSR count). The summed E-state index contributed by atoms with van der Waals surface area (Å²) < 4.78 is 5.10. The van der Waals surface area contributed by atoms with Gasteiger partial charge in [-0.2, -0.15) is 5.01 Å². The van der Waals surface area contributed by atoms with Crippen LogP contribution in [0.25, 0.3) is 0 Å². The van der Waals surface area contributed by atoms with Crippen LogP contribution in [0.4, 0.5) is 5.88 Å². The molecule has 3 heterocycles. The molecule has 0 saturated carbocycles. The Hall–Kier alpha value is -2.09. The largest absolute Gasteiger partial charge is 0.861 e. The van der Waals surface area contributed by atoms with Crippen LogP contribution >= 0.6 is 11.8 Å². The molecule has 0 unspecified atom stereocenters. The number of hydrogen-bond donors (Lipinski definition) is 0. The van der Waals surface area contributed by atoms with E-state index >= 15 is 0 Å². The van der Waals surface area contributed by atoms with Crippen molar-refractivity contribution in [2.45, 2.75) is 24.3 Å². The van der Waals surface area contributed by atoms with E-state index in [4.69, 9.17) is 4.52 Å². The van der Waals surface area contributed by atoms with Crippen LogP contribution in [-0.2, 0) is 0 Å². The second kappa shape index (κ2) is 7.26. The van der Waals surface area contributed by atoms with Gasteiger partial charge in [-0.05, 0) is 37.3 Å². The number of pyridine rings is 1. The minimum atomic E-state index is -0.266. The summed E-state index contributed by atoms with van der Waals surface area (Å²) in [6.07, 6.45) is 6.88. The fourth-order valence-corrected chi connectivity index (χ4v) is 2.86. The molecular formula is C14H17N5O2S. The van der Waals surface area contributed by atoms with Gasteiger partial charge < -0.3 is 5.11 Å². The molecule has 22 heavy (non-hydrogen) atoms. The van der Waals surface area contributed by atoms with Crippen LogP contribution in [0.2, 0.25) is 0 Å². The van der Waals surface area contributed by atoms with Crippen LogP contribution in [0.15, 0.2) is 45.1 Å². The first-order chi connectivity index (χ1) is 10.8. The highest BCUT2D eigenvalue weighted by Crippen LogP contribution is 2.15. The van der Waals surface area contributed by atoms with Gasteiger partial charge in [0.25, 0.3) is 6.20 Å². The van der Waals surface area contributed by atoms with Crippen molar-refractivity contribution < 1.29 is 14.4 Å². The third-order valence-corrected chi connectivity index (χ3v) is 4.21. The van der Waals surface area contributed by atoms with Crippen LogP contribution in [-0.4, -0.2) is 35.0 Å². The Bertz CT molecular complexity index is 625. The fraction of sp³-hybridized carbons (Fsp3) is 0.429. The van der Waals surface area contributed by atoms with Crippen LogP contribution in [0.3, 0.4) is 0 Å². The molecule has 116 valence electrons. The second-order valence-electron chi connectivity index (χ2n) is 4.94. The first-order valence-corrected chi connectivity index (χ1v) is 8.22. The molecule has 0 amide bonds. The summed E-state index contributed by atoms with van der Waals surface area (Å²) >= 11 is 1.35. The van der Waals surface area contributed by atoms with Crippen molar-refractivity contribution in [2.24, 2.45) is 4.99 Å². The molecule has 8 heteroatoms. The number of aliphatic imine (C=N–C) groups is 1. The lowest BCUT2D eigenvalue weighted by atomic mass is 10.2. The molecule has 0 bridgehead atoms. The fourth-order valence-electron chi connectivity index (χ4n) is 2.22. The summed E-state index contributed by atoms with van der Waals surface area (Å²) in [7, 11) is 0. The van der Waals surface area contributed by atoms with E-state index in [-0.39, 0.29) is 17.5 Å². The quantitative estimate of drug-likeness (QED) is 0.348. The van der Waals surface area contributed by atoms with Gasteiger partial charge in [-0.25, -0.2) is 9.98 Å². The minimum Gasteiger partial charge on any atom is -0.861 e. The standard InChI is InChI=1S/C14H17N5O2S/c20-12(11-22-14-6-2-3-7-15-14)16-13-10-19(17-21-13)18-8-4-1-5-9-18/h2-3,6-7,10H,1,4-5,8-9,11H2. The predicted octanol–water partition coefficient (Wildman–Crippen LogP) is 0.662. The molecule has 0 spiro atoms. The summed E-state index contributed by atoms with van der Waals surface area (Å²) in [5, 5.41) is 18.6. The maximum atomic E-state index is 11.8. The van der Waals surface area contributed by atoms with Gasteiger partial charge in [0.15, 0.2) is 0 Å². The van der Waals surface area contributed by atoms with Gasteiger partial charge in [0.05, 0.1) is 22.9 Å². The zero-order valence-electron chi connectivity index (χ0n) is 12.1. The summed E-state index contributed by atoms with van der Waals surface area (Å²) in [6, 6.07) is 5.58. The molecule has 2 aromatic heterocycles. The number of hydrogen-bond acceptors (Lipinski definition) is 7. The van der Waals surface area contributed by atoms with E-state index in [9.17, 15) is 5.11 Å². The summed E-state index contributed by atoms with van der Waals surface area (Å²) in [6.45, 7) is 1.89. The highest BCUT2D eigenvalue weighted by atomic mass is 32.2. The first kappa shape index (κ1) is 14.8. The highest BCUT2D eigenvalue weighted by Gasteiger charge is 2.22. The molecule has 1 fully saturated rings. The SMILES string of the molecule is [O-]/C(CSc1ccccn1)=N/c1c[n+](N2CCCCC2)no1. The van der Waals surface area contributed by atoms with E-state index in [1.807, 2.05) is 18.2 Å². The lowest BCUT2D eigenvalue weighted by Gasteiger charge is -2.17. The number of aromatic nitrogens is 3. The van der Waals surface area contributed by atoms with Crippen molar-refractivity contribution >= 4 is 23.5 Å². The maximum Gasteiger partial charge on any atom is 0.324 e.